The second-order valence-corrected chi connectivity index (χ2v) is 4.17. The van der Waals surface area contributed by atoms with Crippen LogP contribution in [0, 0.1) is 0 Å². The molecule has 0 saturated carbocycles. The van der Waals surface area contributed by atoms with E-state index in [9.17, 15) is 4.79 Å². The standard InChI is InChI=1S/C11H13ClN2O/c1-7(15)14-5-4-8-2-3-10(13)11(12)9(8)6-14/h2-3H,4-6,13H2,1H3. The molecular weight excluding hydrogens is 212 g/mol. The van der Waals surface area contributed by atoms with Crippen LogP contribution < -0.4 is 5.73 Å². The van der Waals surface area contributed by atoms with E-state index < -0.39 is 0 Å². The van der Waals surface area contributed by atoms with Crippen LogP contribution in [0.15, 0.2) is 12.1 Å². The maximum absolute atomic E-state index is 11.3. The highest BCUT2D eigenvalue weighted by Gasteiger charge is 2.20. The van der Waals surface area contributed by atoms with E-state index in [-0.39, 0.29) is 5.91 Å². The molecule has 1 aliphatic heterocycles. The van der Waals surface area contributed by atoms with E-state index in [0.717, 1.165) is 18.5 Å². The summed E-state index contributed by atoms with van der Waals surface area (Å²) in [6.45, 7) is 2.92. The van der Waals surface area contributed by atoms with Crippen LogP contribution in [-0.2, 0) is 17.8 Å². The first-order valence-corrected chi connectivity index (χ1v) is 5.28. The molecule has 3 nitrogen and oxygen atoms in total. The Bertz CT molecular complexity index is 417. The van der Waals surface area contributed by atoms with Crippen molar-refractivity contribution in [1.82, 2.24) is 4.90 Å². The number of hydrogen-bond acceptors (Lipinski definition) is 2. The second-order valence-electron chi connectivity index (χ2n) is 3.80. The smallest absolute Gasteiger partial charge is 0.219 e. The predicted octanol–water partition coefficient (Wildman–Crippen LogP) is 1.83. The van der Waals surface area contributed by atoms with Gasteiger partial charge in [0.25, 0.3) is 0 Å². The Morgan fingerprint density at radius 2 is 2.27 bits per heavy atom. The van der Waals surface area contributed by atoms with Crippen LogP contribution in [0.5, 0.6) is 0 Å². The van der Waals surface area contributed by atoms with Crippen molar-refractivity contribution in [1.29, 1.82) is 0 Å². The molecule has 0 atom stereocenters. The fraction of sp³-hybridized carbons (Fsp3) is 0.364. The number of benzene rings is 1. The normalized spacial score (nSPS) is 14.9. The quantitative estimate of drug-likeness (QED) is 0.684. The third-order valence-corrected chi connectivity index (χ3v) is 3.26. The van der Waals surface area contributed by atoms with Gasteiger partial charge in [-0.2, -0.15) is 0 Å². The highest BCUT2D eigenvalue weighted by molar-refractivity contribution is 6.34. The zero-order valence-electron chi connectivity index (χ0n) is 8.59. The first kappa shape index (κ1) is 10.3. The van der Waals surface area contributed by atoms with Gasteiger partial charge < -0.3 is 10.6 Å². The average molecular weight is 225 g/mol. The van der Waals surface area contributed by atoms with Crippen molar-refractivity contribution >= 4 is 23.2 Å². The summed E-state index contributed by atoms with van der Waals surface area (Å²) in [6, 6.07) is 3.82. The van der Waals surface area contributed by atoms with Gasteiger partial charge in [-0.25, -0.2) is 0 Å². The number of hydrogen-bond donors (Lipinski definition) is 1. The molecule has 1 amide bonds. The lowest BCUT2D eigenvalue weighted by Gasteiger charge is -2.28. The summed E-state index contributed by atoms with van der Waals surface area (Å²) in [4.78, 5) is 13.0. The lowest BCUT2D eigenvalue weighted by molar-refractivity contribution is -0.129. The number of anilines is 1. The van der Waals surface area contributed by atoms with E-state index >= 15 is 0 Å². The zero-order valence-corrected chi connectivity index (χ0v) is 9.34. The minimum atomic E-state index is 0.0825. The highest BCUT2D eigenvalue weighted by Crippen LogP contribution is 2.30. The molecule has 1 heterocycles. The molecule has 80 valence electrons. The number of nitrogens with zero attached hydrogens (tertiary/aromatic N) is 1. The third-order valence-electron chi connectivity index (χ3n) is 2.82. The number of nitrogens with two attached hydrogens (primary N) is 1. The van der Waals surface area contributed by atoms with Gasteiger partial charge in [-0.15, -0.1) is 0 Å². The molecule has 0 bridgehead atoms. The van der Waals surface area contributed by atoms with Gasteiger partial charge in [-0.05, 0) is 23.6 Å². The zero-order chi connectivity index (χ0) is 11.0. The summed E-state index contributed by atoms with van der Waals surface area (Å²) in [7, 11) is 0. The van der Waals surface area contributed by atoms with Crippen molar-refractivity contribution in [2.45, 2.75) is 19.9 Å². The number of nitrogen functional groups attached to an aromatic ring is 1. The molecule has 0 spiro atoms. The molecule has 1 aromatic rings. The van der Waals surface area contributed by atoms with Crippen molar-refractivity contribution in [3.63, 3.8) is 0 Å². The molecule has 0 radical (unpaired) electrons. The Morgan fingerprint density at radius 3 is 2.93 bits per heavy atom. The molecule has 2 N–H and O–H groups in total. The highest BCUT2D eigenvalue weighted by atomic mass is 35.5. The van der Waals surface area contributed by atoms with Crippen molar-refractivity contribution in [3.05, 3.63) is 28.3 Å². The lowest BCUT2D eigenvalue weighted by atomic mass is 9.99. The van der Waals surface area contributed by atoms with Gasteiger partial charge >= 0.3 is 0 Å². The number of carbonyl (C=O) groups excluding carboxylic acids is 1. The Morgan fingerprint density at radius 1 is 1.53 bits per heavy atom. The van der Waals surface area contributed by atoms with Crippen LogP contribution in [0.3, 0.4) is 0 Å². The number of rotatable bonds is 0. The van der Waals surface area contributed by atoms with E-state index in [2.05, 4.69) is 0 Å². The van der Waals surface area contributed by atoms with E-state index in [1.54, 1.807) is 11.8 Å². The summed E-state index contributed by atoms with van der Waals surface area (Å²) < 4.78 is 0. The molecule has 15 heavy (non-hydrogen) atoms. The molecule has 4 heteroatoms. The summed E-state index contributed by atoms with van der Waals surface area (Å²) in [5.41, 5.74) is 8.51. The number of amides is 1. The maximum Gasteiger partial charge on any atom is 0.219 e. The van der Waals surface area contributed by atoms with Gasteiger partial charge in [0.2, 0.25) is 5.91 Å². The fourth-order valence-corrected chi connectivity index (χ4v) is 2.12. The SMILES string of the molecule is CC(=O)N1CCc2ccc(N)c(Cl)c2C1. The molecular formula is C11H13ClN2O. The lowest BCUT2D eigenvalue weighted by Crippen LogP contribution is -2.34. The maximum atomic E-state index is 11.3. The molecule has 2 rings (SSSR count). The third kappa shape index (κ3) is 1.79. The van der Waals surface area contributed by atoms with Gasteiger partial charge in [0.1, 0.15) is 0 Å². The summed E-state index contributed by atoms with van der Waals surface area (Å²) in [5, 5.41) is 0.596. The molecule has 0 saturated heterocycles. The van der Waals surface area contributed by atoms with Gasteiger partial charge in [0, 0.05) is 20.0 Å². The monoisotopic (exact) mass is 224 g/mol. The first-order chi connectivity index (χ1) is 7.09. The van der Waals surface area contributed by atoms with Crippen molar-refractivity contribution in [3.8, 4) is 0 Å². The predicted molar refractivity (Wildman–Crippen MR) is 60.7 cm³/mol. The fourth-order valence-electron chi connectivity index (χ4n) is 1.88. The van der Waals surface area contributed by atoms with Gasteiger partial charge in [0.05, 0.1) is 10.7 Å². The van der Waals surface area contributed by atoms with E-state index in [4.69, 9.17) is 17.3 Å². The van der Waals surface area contributed by atoms with Crippen LogP contribution in [-0.4, -0.2) is 17.4 Å². The molecule has 0 aromatic heterocycles. The molecule has 1 aromatic carbocycles. The average Bonchev–Trinajstić information content (AvgIpc) is 2.23. The largest absolute Gasteiger partial charge is 0.398 e. The van der Waals surface area contributed by atoms with E-state index in [1.165, 1.54) is 5.56 Å². The van der Waals surface area contributed by atoms with Crippen molar-refractivity contribution in [2.75, 3.05) is 12.3 Å². The van der Waals surface area contributed by atoms with Crippen LogP contribution >= 0.6 is 11.6 Å². The molecule has 1 aliphatic rings. The Balaban J connectivity index is 2.39. The van der Waals surface area contributed by atoms with Gasteiger partial charge in [-0.1, -0.05) is 17.7 Å². The Hall–Kier alpha value is -1.22. The van der Waals surface area contributed by atoms with Crippen LogP contribution in [0.2, 0.25) is 5.02 Å². The van der Waals surface area contributed by atoms with Gasteiger partial charge in [-0.3, -0.25) is 4.79 Å². The topological polar surface area (TPSA) is 46.3 Å². The number of halogens is 1. The number of carbonyl (C=O) groups is 1. The van der Waals surface area contributed by atoms with Crippen LogP contribution in [0.1, 0.15) is 18.1 Å². The van der Waals surface area contributed by atoms with Crippen LogP contribution in [0.25, 0.3) is 0 Å². The van der Waals surface area contributed by atoms with Gasteiger partial charge in [0.15, 0.2) is 0 Å². The van der Waals surface area contributed by atoms with Crippen molar-refractivity contribution in [2.24, 2.45) is 0 Å². The summed E-state index contributed by atoms with van der Waals surface area (Å²) in [6.07, 6.45) is 0.856. The second kappa shape index (κ2) is 3.74. The minimum absolute atomic E-state index is 0.0825. The van der Waals surface area contributed by atoms with Crippen molar-refractivity contribution < 1.29 is 4.79 Å². The Labute approximate surface area is 93.8 Å². The summed E-state index contributed by atoms with van der Waals surface area (Å²) in [5.74, 6) is 0.0825. The minimum Gasteiger partial charge on any atom is -0.398 e. The Kier molecular flexibility index (Phi) is 2.57. The molecule has 0 aliphatic carbocycles. The number of fused-ring (bicyclic) bond motifs is 1. The van der Waals surface area contributed by atoms with Crippen LogP contribution in [0.4, 0.5) is 5.69 Å². The first-order valence-electron chi connectivity index (χ1n) is 4.91. The summed E-state index contributed by atoms with van der Waals surface area (Å²) >= 11 is 6.12. The molecule has 0 unspecified atom stereocenters. The molecule has 0 fully saturated rings. The van der Waals surface area contributed by atoms with E-state index in [0.29, 0.717) is 17.3 Å². The van der Waals surface area contributed by atoms with E-state index in [1.807, 2.05) is 12.1 Å².